The van der Waals surface area contributed by atoms with Crippen LogP contribution in [0.2, 0.25) is 0 Å². The van der Waals surface area contributed by atoms with Crippen molar-refractivity contribution in [2.45, 2.75) is 18.5 Å². The summed E-state index contributed by atoms with van der Waals surface area (Å²) in [7, 11) is 0. The van der Waals surface area contributed by atoms with E-state index in [9.17, 15) is 4.79 Å². The number of aromatic nitrogens is 2. The first-order chi connectivity index (χ1) is 13.2. The van der Waals surface area contributed by atoms with Gasteiger partial charge in [-0.3, -0.25) is 4.79 Å². The van der Waals surface area contributed by atoms with E-state index in [0.29, 0.717) is 32.1 Å². The summed E-state index contributed by atoms with van der Waals surface area (Å²) in [4.78, 5) is 23.1. The second kappa shape index (κ2) is 8.14. The van der Waals surface area contributed by atoms with Crippen molar-refractivity contribution < 1.29 is 14.3 Å². The molecule has 0 atom stereocenters. The predicted molar refractivity (Wildman–Crippen MR) is 107 cm³/mol. The summed E-state index contributed by atoms with van der Waals surface area (Å²) in [5.74, 6) is 1.94. The molecule has 27 heavy (non-hydrogen) atoms. The van der Waals surface area contributed by atoms with Gasteiger partial charge in [0.1, 0.15) is 24.6 Å². The molecule has 0 N–H and O–H groups in total. The van der Waals surface area contributed by atoms with Crippen LogP contribution >= 0.6 is 23.1 Å². The van der Waals surface area contributed by atoms with Crippen molar-refractivity contribution in [3.8, 4) is 11.5 Å². The minimum Gasteiger partial charge on any atom is -0.486 e. The molecule has 0 unspecified atom stereocenters. The lowest BCUT2D eigenvalue weighted by atomic mass is 10.2. The van der Waals surface area contributed by atoms with Crippen LogP contribution in [-0.2, 0) is 11.3 Å². The standard InChI is InChI=1S/C19H19N3O3S2/c1-2-22(10-13-3-4-15-16(9-13)25-7-6-24-15)17(23)11-27-19-18-14(5-8-26-18)20-12-21-19/h3-5,8-9,12H,2,6-7,10-11H2,1H3. The quantitative estimate of drug-likeness (QED) is 0.464. The van der Waals surface area contributed by atoms with Gasteiger partial charge in [0.2, 0.25) is 5.91 Å². The van der Waals surface area contributed by atoms with Crippen LogP contribution in [0.4, 0.5) is 0 Å². The predicted octanol–water partition coefficient (Wildman–Crippen LogP) is 3.60. The molecule has 0 bridgehead atoms. The van der Waals surface area contributed by atoms with E-state index in [4.69, 9.17) is 9.47 Å². The Labute approximate surface area is 165 Å². The number of hydrogen-bond acceptors (Lipinski definition) is 7. The Morgan fingerprint density at radius 2 is 2.07 bits per heavy atom. The molecule has 0 spiro atoms. The van der Waals surface area contributed by atoms with E-state index in [1.54, 1.807) is 17.7 Å². The number of fused-ring (bicyclic) bond motifs is 2. The SMILES string of the molecule is CCN(Cc1ccc2c(c1)OCCO2)C(=O)CSc1ncnc2ccsc12. The summed E-state index contributed by atoms with van der Waals surface area (Å²) in [6.07, 6.45) is 1.55. The van der Waals surface area contributed by atoms with E-state index in [2.05, 4.69) is 9.97 Å². The number of thioether (sulfide) groups is 1. The molecule has 0 saturated heterocycles. The van der Waals surface area contributed by atoms with Gasteiger partial charge in [0.15, 0.2) is 11.5 Å². The van der Waals surface area contributed by atoms with Crippen molar-refractivity contribution >= 4 is 39.2 Å². The number of ether oxygens (including phenoxy) is 2. The van der Waals surface area contributed by atoms with Crippen LogP contribution in [0.15, 0.2) is 41.0 Å². The number of hydrogen-bond donors (Lipinski definition) is 0. The van der Waals surface area contributed by atoms with Crippen LogP contribution in [0.3, 0.4) is 0 Å². The average molecular weight is 402 g/mol. The third kappa shape index (κ3) is 4.01. The van der Waals surface area contributed by atoms with E-state index in [1.165, 1.54) is 11.8 Å². The van der Waals surface area contributed by atoms with Gasteiger partial charge in [-0.05, 0) is 36.1 Å². The first-order valence-corrected chi connectivity index (χ1v) is 10.6. The van der Waals surface area contributed by atoms with Gasteiger partial charge in [-0.15, -0.1) is 11.3 Å². The monoisotopic (exact) mass is 401 g/mol. The second-order valence-electron chi connectivity index (χ2n) is 5.99. The first kappa shape index (κ1) is 18.1. The largest absolute Gasteiger partial charge is 0.486 e. The summed E-state index contributed by atoms with van der Waals surface area (Å²) >= 11 is 3.06. The molecule has 0 aliphatic carbocycles. The highest BCUT2D eigenvalue weighted by atomic mass is 32.2. The van der Waals surface area contributed by atoms with Gasteiger partial charge in [0, 0.05) is 13.1 Å². The molecule has 0 saturated carbocycles. The summed E-state index contributed by atoms with van der Waals surface area (Å²) in [5.41, 5.74) is 1.95. The number of carbonyl (C=O) groups excluding carboxylic acids is 1. The summed E-state index contributed by atoms with van der Waals surface area (Å²) < 4.78 is 12.2. The Kier molecular flexibility index (Phi) is 5.45. The molecule has 4 rings (SSSR count). The average Bonchev–Trinajstić information content (AvgIpc) is 3.19. The van der Waals surface area contributed by atoms with E-state index < -0.39 is 0 Å². The Bertz CT molecular complexity index is 960. The fourth-order valence-electron chi connectivity index (χ4n) is 2.87. The Morgan fingerprint density at radius 1 is 1.22 bits per heavy atom. The molecule has 1 aliphatic rings. The lowest BCUT2D eigenvalue weighted by Gasteiger charge is -2.23. The molecular formula is C19H19N3O3S2. The van der Waals surface area contributed by atoms with Gasteiger partial charge >= 0.3 is 0 Å². The van der Waals surface area contributed by atoms with Crippen molar-refractivity contribution in [1.82, 2.24) is 14.9 Å². The zero-order chi connectivity index (χ0) is 18.6. The summed E-state index contributed by atoms with van der Waals surface area (Å²) in [5, 5.41) is 2.85. The molecule has 2 aromatic heterocycles. The molecule has 140 valence electrons. The third-order valence-electron chi connectivity index (χ3n) is 4.26. The fourth-order valence-corrected chi connectivity index (χ4v) is 4.72. The zero-order valence-corrected chi connectivity index (χ0v) is 16.5. The maximum atomic E-state index is 12.7. The number of carbonyl (C=O) groups is 1. The van der Waals surface area contributed by atoms with Crippen LogP contribution in [-0.4, -0.2) is 46.3 Å². The topological polar surface area (TPSA) is 64.6 Å². The smallest absolute Gasteiger partial charge is 0.233 e. The minimum atomic E-state index is 0.0840. The normalized spacial score (nSPS) is 12.9. The van der Waals surface area contributed by atoms with Crippen molar-refractivity contribution in [1.29, 1.82) is 0 Å². The molecule has 0 radical (unpaired) electrons. The Morgan fingerprint density at radius 3 is 2.93 bits per heavy atom. The highest BCUT2D eigenvalue weighted by Crippen LogP contribution is 2.31. The molecular weight excluding hydrogens is 382 g/mol. The lowest BCUT2D eigenvalue weighted by Crippen LogP contribution is -2.31. The maximum Gasteiger partial charge on any atom is 0.233 e. The third-order valence-corrected chi connectivity index (χ3v) is 6.27. The first-order valence-electron chi connectivity index (χ1n) is 8.72. The second-order valence-corrected chi connectivity index (χ2v) is 7.87. The molecule has 3 aromatic rings. The van der Waals surface area contributed by atoms with E-state index >= 15 is 0 Å². The van der Waals surface area contributed by atoms with Gasteiger partial charge < -0.3 is 14.4 Å². The molecule has 8 heteroatoms. The van der Waals surface area contributed by atoms with Gasteiger partial charge in [-0.25, -0.2) is 9.97 Å². The van der Waals surface area contributed by atoms with Crippen LogP contribution in [0.25, 0.3) is 10.2 Å². The van der Waals surface area contributed by atoms with Gasteiger partial charge in [-0.1, -0.05) is 17.8 Å². The van der Waals surface area contributed by atoms with Crippen molar-refractivity contribution in [3.05, 3.63) is 41.5 Å². The van der Waals surface area contributed by atoms with Crippen LogP contribution in [0.5, 0.6) is 11.5 Å². The van der Waals surface area contributed by atoms with E-state index in [1.807, 2.05) is 41.5 Å². The Hall–Kier alpha value is -2.32. The maximum absolute atomic E-state index is 12.7. The van der Waals surface area contributed by atoms with E-state index in [-0.39, 0.29) is 5.91 Å². The van der Waals surface area contributed by atoms with Crippen molar-refractivity contribution in [3.63, 3.8) is 0 Å². The molecule has 6 nitrogen and oxygen atoms in total. The Balaban J connectivity index is 1.41. The highest BCUT2D eigenvalue weighted by molar-refractivity contribution is 8.00. The summed E-state index contributed by atoms with van der Waals surface area (Å²) in [6, 6.07) is 7.81. The molecule has 3 heterocycles. The van der Waals surface area contributed by atoms with Crippen LogP contribution in [0, 0.1) is 0 Å². The molecule has 1 aromatic carbocycles. The van der Waals surface area contributed by atoms with Gasteiger partial charge in [0.05, 0.1) is 16.0 Å². The van der Waals surface area contributed by atoms with Crippen LogP contribution in [0.1, 0.15) is 12.5 Å². The van der Waals surface area contributed by atoms with Gasteiger partial charge in [0.25, 0.3) is 0 Å². The van der Waals surface area contributed by atoms with Crippen molar-refractivity contribution in [2.75, 3.05) is 25.5 Å². The zero-order valence-electron chi connectivity index (χ0n) is 14.9. The van der Waals surface area contributed by atoms with Crippen LogP contribution < -0.4 is 9.47 Å². The number of nitrogens with zero attached hydrogens (tertiary/aromatic N) is 3. The number of thiophene rings is 1. The fraction of sp³-hybridized carbons (Fsp3) is 0.316. The number of benzene rings is 1. The van der Waals surface area contributed by atoms with E-state index in [0.717, 1.165) is 32.3 Å². The molecule has 1 amide bonds. The summed E-state index contributed by atoms with van der Waals surface area (Å²) in [6.45, 7) is 4.31. The number of amides is 1. The highest BCUT2D eigenvalue weighted by Gasteiger charge is 2.17. The molecule has 1 aliphatic heterocycles. The van der Waals surface area contributed by atoms with Gasteiger partial charge in [-0.2, -0.15) is 0 Å². The number of rotatable bonds is 6. The molecule has 0 fully saturated rings. The van der Waals surface area contributed by atoms with Crippen molar-refractivity contribution in [2.24, 2.45) is 0 Å². The minimum absolute atomic E-state index is 0.0840. The lowest BCUT2D eigenvalue weighted by molar-refractivity contribution is -0.128.